The van der Waals surface area contributed by atoms with E-state index in [1.807, 2.05) is 6.07 Å². The fourth-order valence-corrected chi connectivity index (χ4v) is 2.68. The maximum absolute atomic E-state index is 5.37. The largest absolute Gasteiger partial charge is 0.475 e. The van der Waals surface area contributed by atoms with Gasteiger partial charge in [0, 0.05) is 0 Å². The molecule has 0 atom stereocenters. The Morgan fingerprint density at radius 1 is 1.50 bits per heavy atom. The van der Waals surface area contributed by atoms with E-state index in [9.17, 15) is 0 Å². The molecule has 2 aromatic rings. The van der Waals surface area contributed by atoms with E-state index in [1.165, 1.54) is 0 Å². The molecule has 0 bridgehead atoms. The third kappa shape index (κ3) is 1.18. The van der Waals surface area contributed by atoms with Gasteiger partial charge in [0.05, 0.1) is 16.9 Å². The number of aliphatic imine (C=N–C) groups is 1. The Bertz CT molecular complexity index is 528. The van der Waals surface area contributed by atoms with Crippen molar-refractivity contribution >= 4 is 39.8 Å². The minimum atomic E-state index is 0.659. The Balaban J connectivity index is 2.14. The summed E-state index contributed by atoms with van der Waals surface area (Å²) in [5, 5.41) is 0. The molecule has 0 aromatic carbocycles. The van der Waals surface area contributed by atoms with Crippen LogP contribution < -0.4 is 0 Å². The molecule has 0 fully saturated rings. The van der Waals surface area contributed by atoms with E-state index in [0.717, 1.165) is 27.7 Å². The molecule has 0 amide bonds. The molecule has 14 heavy (non-hydrogen) atoms. The lowest BCUT2D eigenvalue weighted by Gasteiger charge is -1.94. The first-order chi connectivity index (χ1) is 6.83. The van der Waals surface area contributed by atoms with Gasteiger partial charge in [-0.15, -0.1) is 11.3 Å². The molecular weight excluding hydrogens is 218 g/mol. The summed E-state index contributed by atoms with van der Waals surface area (Å²) in [5.41, 5.74) is 1.02. The zero-order valence-corrected chi connectivity index (χ0v) is 8.80. The van der Waals surface area contributed by atoms with Gasteiger partial charge in [-0.25, -0.2) is 4.99 Å². The summed E-state index contributed by atoms with van der Waals surface area (Å²) in [6, 6.07) is 2.01. The van der Waals surface area contributed by atoms with Crippen LogP contribution in [0.4, 0.5) is 0 Å². The van der Waals surface area contributed by atoms with Gasteiger partial charge in [0.25, 0.3) is 0 Å². The highest BCUT2D eigenvalue weighted by molar-refractivity contribution is 7.71. The van der Waals surface area contributed by atoms with E-state index in [-0.39, 0.29) is 0 Å². The lowest BCUT2D eigenvalue weighted by Crippen LogP contribution is -1.97. The van der Waals surface area contributed by atoms with E-state index < -0.39 is 0 Å². The number of rotatable bonds is 1. The predicted molar refractivity (Wildman–Crippen MR) is 58.7 cm³/mol. The third-order valence-corrected chi connectivity index (χ3v) is 3.25. The molecule has 0 radical (unpaired) electrons. The summed E-state index contributed by atoms with van der Waals surface area (Å²) >= 11 is 6.58. The Morgan fingerprint density at radius 2 is 2.43 bits per heavy atom. The number of H-pyrrole nitrogens is 2. The van der Waals surface area contributed by atoms with Crippen LogP contribution in [-0.2, 0) is 4.74 Å². The zero-order chi connectivity index (χ0) is 9.54. The van der Waals surface area contributed by atoms with Gasteiger partial charge in [-0.1, -0.05) is 0 Å². The molecule has 3 heterocycles. The molecular formula is C8H7N3OS2. The minimum absolute atomic E-state index is 0.659. The van der Waals surface area contributed by atoms with Crippen LogP contribution in [0.3, 0.4) is 0 Å². The van der Waals surface area contributed by atoms with E-state index >= 15 is 0 Å². The Morgan fingerprint density at radius 3 is 3.14 bits per heavy atom. The molecule has 2 N–H and O–H groups in total. The van der Waals surface area contributed by atoms with Gasteiger partial charge >= 0.3 is 0 Å². The number of aromatic nitrogens is 2. The van der Waals surface area contributed by atoms with Gasteiger partial charge in [0.1, 0.15) is 11.4 Å². The third-order valence-electron chi connectivity index (χ3n) is 2.00. The highest BCUT2D eigenvalue weighted by Gasteiger charge is 2.14. The molecule has 72 valence electrons. The van der Waals surface area contributed by atoms with Crippen LogP contribution >= 0.6 is 23.6 Å². The summed E-state index contributed by atoms with van der Waals surface area (Å²) in [4.78, 5) is 12.5. The van der Waals surface area contributed by atoms with E-state index in [0.29, 0.717) is 11.4 Å². The second-order valence-corrected chi connectivity index (χ2v) is 4.43. The summed E-state index contributed by atoms with van der Waals surface area (Å²) < 4.78 is 6.03. The van der Waals surface area contributed by atoms with Crippen LogP contribution in [0.5, 0.6) is 0 Å². The molecule has 4 nitrogen and oxygen atoms in total. The summed E-state index contributed by atoms with van der Waals surface area (Å²) in [7, 11) is 0. The number of ether oxygens (including phenoxy) is 1. The molecule has 0 spiro atoms. The minimum Gasteiger partial charge on any atom is -0.475 e. The fourth-order valence-electron chi connectivity index (χ4n) is 1.42. The van der Waals surface area contributed by atoms with Gasteiger partial charge < -0.3 is 14.7 Å². The van der Waals surface area contributed by atoms with Crippen molar-refractivity contribution in [3.8, 4) is 0 Å². The maximum atomic E-state index is 5.37. The fraction of sp³-hybridized carbons (Fsp3) is 0.250. The lowest BCUT2D eigenvalue weighted by atomic mass is 10.4. The standard InChI is InChI=1S/C8H7N3OS2/c13-8-10-4-3-5(14-7(4)11-8)6-9-1-2-12-6/h3H,1-2H2,(H2,10,11,13). The summed E-state index contributed by atoms with van der Waals surface area (Å²) in [6.45, 7) is 1.45. The van der Waals surface area contributed by atoms with E-state index in [1.54, 1.807) is 11.3 Å². The van der Waals surface area contributed by atoms with Crippen LogP contribution in [0.2, 0.25) is 0 Å². The smallest absolute Gasteiger partial charge is 0.226 e. The average molecular weight is 225 g/mol. The van der Waals surface area contributed by atoms with Gasteiger partial charge in [-0.3, -0.25) is 0 Å². The van der Waals surface area contributed by atoms with Crippen LogP contribution in [0, 0.1) is 4.77 Å². The number of hydrogen-bond donors (Lipinski definition) is 2. The quantitative estimate of drug-likeness (QED) is 0.730. The second kappa shape index (κ2) is 2.93. The summed E-state index contributed by atoms with van der Waals surface area (Å²) in [5.74, 6) is 0.749. The van der Waals surface area contributed by atoms with Crippen molar-refractivity contribution in [2.45, 2.75) is 0 Å². The van der Waals surface area contributed by atoms with Crippen LogP contribution in [-0.4, -0.2) is 29.0 Å². The molecule has 0 saturated heterocycles. The number of nitrogens with one attached hydrogen (secondary N) is 2. The van der Waals surface area contributed by atoms with Crippen molar-refractivity contribution < 1.29 is 4.74 Å². The Kier molecular flexibility index (Phi) is 1.71. The average Bonchev–Trinajstić information content (AvgIpc) is 2.74. The molecule has 0 unspecified atom stereocenters. The van der Waals surface area contributed by atoms with Crippen molar-refractivity contribution in [3.63, 3.8) is 0 Å². The normalized spacial score (nSPS) is 15.9. The van der Waals surface area contributed by atoms with Gasteiger partial charge in [-0.2, -0.15) is 0 Å². The number of imidazole rings is 1. The van der Waals surface area contributed by atoms with Gasteiger partial charge in [0.15, 0.2) is 4.77 Å². The predicted octanol–water partition coefficient (Wildman–Crippen LogP) is 2.06. The number of thiophene rings is 1. The topological polar surface area (TPSA) is 53.2 Å². The van der Waals surface area contributed by atoms with Crippen LogP contribution in [0.25, 0.3) is 10.3 Å². The summed E-state index contributed by atoms with van der Waals surface area (Å²) in [6.07, 6.45) is 0. The van der Waals surface area contributed by atoms with Gasteiger partial charge in [0.2, 0.25) is 5.90 Å². The molecule has 2 aromatic heterocycles. The second-order valence-electron chi connectivity index (χ2n) is 2.97. The Labute approximate surface area is 88.6 Å². The monoisotopic (exact) mass is 225 g/mol. The van der Waals surface area contributed by atoms with Crippen molar-refractivity contribution in [3.05, 3.63) is 15.7 Å². The van der Waals surface area contributed by atoms with Crippen molar-refractivity contribution in [2.24, 2.45) is 4.99 Å². The number of fused-ring (bicyclic) bond motifs is 1. The molecule has 1 aliphatic rings. The first-order valence-corrected chi connectivity index (χ1v) is 5.45. The van der Waals surface area contributed by atoms with Gasteiger partial charge in [-0.05, 0) is 18.3 Å². The highest BCUT2D eigenvalue weighted by Crippen LogP contribution is 2.24. The van der Waals surface area contributed by atoms with Crippen molar-refractivity contribution in [1.82, 2.24) is 9.97 Å². The molecule has 0 saturated carbocycles. The number of aromatic amines is 2. The first-order valence-electron chi connectivity index (χ1n) is 4.22. The maximum Gasteiger partial charge on any atom is 0.226 e. The van der Waals surface area contributed by atoms with Crippen LogP contribution in [0.1, 0.15) is 4.88 Å². The van der Waals surface area contributed by atoms with E-state index in [2.05, 4.69) is 15.0 Å². The number of nitrogens with zero attached hydrogens (tertiary/aromatic N) is 1. The van der Waals surface area contributed by atoms with Crippen molar-refractivity contribution in [1.29, 1.82) is 0 Å². The Hall–Kier alpha value is -1.14. The molecule has 0 aliphatic carbocycles. The molecule has 6 heteroatoms. The zero-order valence-electron chi connectivity index (χ0n) is 7.16. The lowest BCUT2D eigenvalue weighted by molar-refractivity contribution is 0.349. The highest BCUT2D eigenvalue weighted by atomic mass is 32.1. The first kappa shape index (κ1) is 8.19. The number of hydrogen-bond acceptors (Lipinski definition) is 4. The van der Waals surface area contributed by atoms with Crippen molar-refractivity contribution in [2.75, 3.05) is 13.2 Å². The van der Waals surface area contributed by atoms with Crippen LogP contribution in [0.15, 0.2) is 11.1 Å². The molecule has 1 aliphatic heterocycles. The van der Waals surface area contributed by atoms with E-state index in [4.69, 9.17) is 17.0 Å². The molecule has 3 rings (SSSR count). The SMILES string of the molecule is S=c1[nH]c2cc(C3=NCCO3)sc2[nH]1.